The Balaban J connectivity index is 1.69. The number of carbonyl (C=O) groups is 2. The number of nitrogens with one attached hydrogen (secondary N) is 4. The molecule has 3 amide bonds. The summed E-state index contributed by atoms with van der Waals surface area (Å²) in [5.41, 5.74) is 1.66. The molecule has 0 radical (unpaired) electrons. The van der Waals surface area contributed by atoms with Crippen LogP contribution in [0.5, 0.6) is 0 Å². The lowest BCUT2D eigenvalue weighted by Gasteiger charge is -2.10. The summed E-state index contributed by atoms with van der Waals surface area (Å²) >= 11 is 0. The van der Waals surface area contributed by atoms with Gasteiger partial charge < -0.3 is 16.0 Å². The van der Waals surface area contributed by atoms with Gasteiger partial charge >= 0.3 is 6.03 Å². The lowest BCUT2D eigenvalue weighted by Crippen LogP contribution is -2.24. The third kappa shape index (κ3) is 5.36. The largest absolute Gasteiger partial charge is 0.341 e. The maximum atomic E-state index is 12.5. The summed E-state index contributed by atoms with van der Waals surface area (Å²) in [5, 5.41) is 7.79. The number of anilines is 3. The summed E-state index contributed by atoms with van der Waals surface area (Å²) in [6.07, 6.45) is 0. The highest BCUT2D eigenvalue weighted by Crippen LogP contribution is 2.19. The van der Waals surface area contributed by atoms with E-state index in [1.165, 1.54) is 25.2 Å². The molecule has 0 aromatic heterocycles. The van der Waals surface area contributed by atoms with E-state index in [1.807, 2.05) is 0 Å². The van der Waals surface area contributed by atoms with Crippen molar-refractivity contribution >= 4 is 39.0 Å². The summed E-state index contributed by atoms with van der Waals surface area (Å²) in [7, 11) is -2.24. The van der Waals surface area contributed by atoms with E-state index < -0.39 is 15.9 Å². The summed E-state index contributed by atoms with van der Waals surface area (Å²) in [5.74, 6) is -0.400. The minimum Gasteiger partial charge on any atom is -0.341 e. The standard InChI is InChI=1S/C21H20N4O4S/c1-22-21(27)24-17-12-10-16(11-13-17)23-20(26)15-6-5-7-18(14-15)25-30(28,29)19-8-3-2-4-9-19/h2-14,25H,1H3,(H,23,26)(H2,22,24,27). The van der Waals surface area contributed by atoms with Crippen LogP contribution in [-0.4, -0.2) is 27.4 Å². The first-order valence-electron chi connectivity index (χ1n) is 8.95. The third-order valence-electron chi connectivity index (χ3n) is 4.06. The Morgan fingerprint density at radius 3 is 2.00 bits per heavy atom. The quantitative estimate of drug-likeness (QED) is 0.485. The zero-order valence-electron chi connectivity index (χ0n) is 16.0. The van der Waals surface area contributed by atoms with Gasteiger partial charge in [0.2, 0.25) is 0 Å². The van der Waals surface area contributed by atoms with E-state index in [0.29, 0.717) is 11.4 Å². The Hall–Kier alpha value is -3.85. The van der Waals surface area contributed by atoms with Gasteiger partial charge in [-0.15, -0.1) is 0 Å². The molecule has 3 rings (SSSR count). The first-order chi connectivity index (χ1) is 14.4. The van der Waals surface area contributed by atoms with Gasteiger partial charge in [0.1, 0.15) is 0 Å². The molecule has 0 bridgehead atoms. The molecule has 0 saturated carbocycles. The van der Waals surface area contributed by atoms with Crippen LogP contribution >= 0.6 is 0 Å². The van der Waals surface area contributed by atoms with E-state index in [0.717, 1.165) is 0 Å². The van der Waals surface area contributed by atoms with Gasteiger partial charge in [0.05, 0.1) is 4.90 Å². The summed E-state index contributed by atoms with van der Waals surface area (Å²) in [6.45, 7) is 0. The third-order valence-corrected chi connectivity index (χ3v) is 5.46. The van der Waals surface area contributed by atoms with Crippen LogP contribution in [-0.2, 0) is 10.0 Å². The second kappa shape index (κ2) is 9.10. The van der Waals surface area contributed by atoms with Crippen LogP contribution in [0.2, 0.25) is 0 Å². The summed E-state index contributed by atoms with van der Waals surface area (Å²) < 4.78 is 27.4. The monoisotopic (exact) mass is 424 g/mol. The fourth-order valence-electron chi connectivity index (χ4n) is 2.57. The van der Waals surface area contributed by atoms with E-state index in [4.69, 9.17) is 0 Å². The van der Waals surface area contributed by atoms with Crippen molar-refractivity contribution in [2.75, 3.05) is 22.4 Å². The van der Waals surface area contributed by atoms with Crippen molar-refractivity contribution in [2.45, 2.75) is 4.90 Å². The predicted octanol–water partition coefficient (Wildman–Crippen LogP) is 3.49. The van der Waals surface area contributed by atoms with Crippen molar-refractivity contribution in [1.29, 1.82) is 0 Å². The first kappa shape index (κ1) is 20.9. The minimum atomic E-state index is -3.75. The molecule has 154 valence electrons. The molecule has 0 atom stereocenters. The van der Waals surface area contributed by atoms with Gasteiger partial charge in [0.15, 0.2) is 0 Å². The van der Waals surface area contributed by atoms with Crippen LogP contribution in [0.1, 0.15) is 10.4 Å². The van der Waals surface area contributed by atoms with Crippen LogP contribution in [0.4, 0.5) is 21.9 Å². The Bertz CT molecular complexity index is 1150. The lowest BCUT2D eigenvalue weighted by atomic mass is 10.2. The first-order valence-corrected chi connectivity index (χ1v) is 10.4. The fraction of sp³-hybridized carbons (Fsp3) is 0.0476. The van der Waals surface area contributed by atoms with Crippen molar-refractivity contribution in [3.63, 3.8) is 0 Å². The highest BCUT2D eigenvalue weighted by molar-refractivity contribution is 7.92. The number of hydrogen-bond acceptors (Lipinski definition) is 4. The molecule has 0 saturated heterocycles. The zero-order chi connectivity index (χ0) is 21.6. The van der Waals surface area contributed by atoms with Gasteiger partial charge in [0, 0.05) is 29.7 Å². The molecule has 0 unspecified atom stereocenters. The molecule has 0 heterocycles. The molecular formula is C21H20N4O4S. The van der Waals surface area contributed by atoms with Crippen molar-refractivity contribution in [2.24, 2.45) is 0 Å². The topological polar surface area (TPSA) is 116 Å². The maximum Gasteiger partial charge on any atom is 0.318 e. The number of carbonyl (C=O) groups excluding carboxylic acids is 2. The summed E-state index contributed by atoms with van der Waals surface area (Å²) in [6, 6.07) is 20.4. The highest BCUT2D eigenvalue weighted by Gasteiger charge is 2.14. The fourth-order valence-corrected chi connectivity index (χ4v) is 3.64. The van der Waals surface area contributed by atoms with Crippen LogP contribution in [0.25, 0.3) is 0 Å². The van der Waals surface area contributed by atoms with Gasteiger partial charge in [-0.05, 0) is 54.6 Å². The molecule has 0 spiro atoms. The van der Waals surface area contributed by atoms with Crippen molar-refractivity contribution in [3.05, 3.63) is 84.4 Å². The SMILES string of the molecule is CNC(=O)Nc1ccc(NC(=O)c2cccc(NS(=O)(=O)c3ccccc3)c2)cc1. The molecule has 30 heavy (non-hydrogen) atoms. The molecule has 0 fully saturated rings. The molecule has 0 aliphatic carbocycles. The molecule has 0 aliphatic rings. The van der Waals surface area contributed by atoms with Gasteiger partial charge in [-0.1, -0.05) is 24.3 Å². The number of hydrogen-bond donors (Lipinski definition) is 4. The Labute approximate surface area is 174 Å². The van der Waals surface area contributed by atoms with E-state index in [2.05, 4.69) is 20.7 Å². The second-order valence-electron chi connectivity index (χ2n) is 6.23. The lowest BCUT2D eigenvalue weighted by molar-refractivity contribution is 0.102. The number of sulfonamides is 1. The number of rotatable bonds is 6. The molecule has 4 N–H and O–H groups in total. The van der Waals surface area contributed by atoms with E-state index >= 15 is 0 Å². The van der Waals surface area contributed by atoms with Crippen LogP contribution < -0.4 is 20.7 Å². The van der Waals surface area contributed by atoms with Gasteiger partial charge in [0.25, 0.3) is 15.9 Å². The number of urea groups is 1. The molecule has 8 nitrogen and oxygen atoms in total. The van der Waals surface area contributed by atoms with Crippen LogP contribution in [0.15, 0.2) is 83.8 Å². The number of amides is 3. The average molecular weight is 424 g/mol. The molecule has 9 heteroatoms. The van der Waals surface area contributed by atoms with E-state index in [-0.39, 0.29) is 22.2 Å². The molecule has 0 aliphatic heterocycles. The molecule has 3 aromatic rings. The highest BCUT2D eigenvalue weighted by atomic mass is 32.2. The normalized spacial score (nSPS) is 10.7. The Morgan fingerprint density at radius 1 is 0.733 bits per heavy atom. The minimum absolute atomic E-state index is 0.130. The second-order valence-corrected chi connectivity index (χ2v) is 7.92. The molecular weight excluding hydrogens is 404 g/mol. The maximum absolute atomic E-state index is 12.5. The van der Waals surface area contributed by atoms with Crippen LogP contribution in [0, 0.1) is 0 Å². The van der Waals surface area contributed by atoms with E-state index in [1.54, 1.807) is 60.7 Å². The van der Waals surface area contributed by atoms with E-state index in [9.17, 15) is 18.0 Å². The Kier molecular flexibility index (Phi) is 6.33. The molecule has 3 aromatic carbocycles. The number of benzene rings is 3. The average Bonchev–Trinajstić information content (AvgIpc) is 2.75. The van der Waals surface area contributed by atoms with Crippen molar-refractivity contribution in [3.8, 4) is 0 Å². The zero-order valence-corrected chi connectivity index (χ0v) is 16.9. The van der Waals surface area contributed by atoms with Crippen LogP contribution in [0.3, 0.4) is 0 Å². The van der Waals surface area contributed by atoms with Crippen molar-refractivity contribution < 1.29 is 18.0 Å². The summed E-state index contributed by atoms with van der Waals surface area (Å²) in [4.78, 5) is 24.0. The van der Waals surface area contributed by atoms with Gasteiger partial charge in [-0.25, -0.2) is 13.2 Å². The Morgan fingerprint density at radius 2 is 1.37 bits per heavy atom. The van der Waals surface area contributed by atoms with Crippen molar-refractivity contribution in [1.82, 2.24) is 5.32 Å². The predicted molar refractivity (Wildman–Crippen MR) is 116 cm³/mol. The van der Waals surface area contributed by atoms with Gasteiger partial charge in [-0.3, -0.25) is 9.52 Å². The van der Waals surface area contributed by atoms with Gasteiger partial charge in [-0.2, -0.15) is 0 Å². The smallest absolute Gasteiger partial charge is 0.318 e.